The Hall–Kier alpha value is -1.71. The third kappa shape index (κ3) is 3.62. The number of hydrogen-bond donors (Lipinski definition) is 1. The zero-order valence-electron chi connectivity index (χ0n) is 15.1. The number of esters is 1. The van der Waals surface area contributed by atoms with E-state index in [9.17, 15) is 9.90 Å². The van der Waals surface area contributed by atoms with E-state index in [1.165, 1.54) is 0 Å². The maximum Gasteiger partial charge on any atom is 0.306 e. The number of hydrogen-bond acceptors (Lipinski definition) is 4. The van der Waals surface area contributed by atoms with Gasteiger partial charge in [-0.2, -0.15) is 0 Å². The zero-order valence-corrected chi connectivity index (χ0v) is 15.1. The van der Waals surface area contributed by atoms with Gasteiger partial charge in [-0.15, -0.1) is 0 Å². The van der Waals surface area contributed by atoms with Crippen LogP contribution in [0.1, 0.15) is 62.3 Å². The molecule has 0 amide bonds. The van der Waals surface area contributed by atoms with Crippen molar-refractivity contribution in [2.24, 2.45) is 0 Å². The number of phenols is 1. The molecule has 128 valence electrons. The highest BCUT2D eigenvalue weighted by atomic mass is 16.5. The minimum absolute atomic E-state index is 0.0844. The molecule has 0 saturated heterocycles. The lowest BCUT2D eigenvalue weighted by atomic mass is 9.85. The van der Waals surface area contributed by atoms with Crippen molar-refractivity contribution in [3.63, 3.8) is 0 Å². The van der Waals surface area contributed by atoms with Gasteiger partial charge >= 0.3 is 5.97 Å². The lowest BCUT2D eigenvalue weighted by Gasteiger charge is -2.38. The Morgan fingerprint density at radius 3 is 2.52 bits per heavy atom. The van der Waals surface area contributed by atoms with Crippen molar-refractivity contribution in [1.29, 1.82) is 0 Å². The van der Waals surface area contributed by atoms with Crippen LogP contribution in [0.3, 0.4) is 0 Å². The molecular formula is C19H28O4. The number of carbonyl (C=O) groups excluding carboxylic acids is 1. The first-order valence-corrected chi connectivity index (χ1v) is 8.34. The summed E-state index contributed by atoms with van der Waals surface area (Å²) >= 11 is 0. The quantitative estimate of drug-likeness (QED) is 0.847. The van der Waals surface area contributed by atoms with E-state index in [0.717, 1.165) is 40.8 Å². The second-order valence-electron chi connectivity index (χ2n) is 7.12. The van der Waals surface area contributed by atoms with Gasteiger partial charge in [-0.1, -0.05) is 0 Å². The number of ether oxygens (including phenoxy) is 2. The third-order valence-corrected chi connectivity index (χ3v) is 4.82. The minimum Gasteiger partial charge on any atom is -0.507 e. The Morgan fingerprint density at radius 2 is 1.91 bits per heavy atom. The van der Waals surface area contributed by atoms with Gasteiger partial charge in [-0.25, -0.2) is 0 Å². The van der Waals surface area contributed by atoms with Crippen LogP contribution >= 0.6 is 0 Å². The first-order chi connectivity index (χ1) is 10.6. The van der Waals surface area contributed by atoms with E-state index in [1.807, 2.05) is 34.6 Å². The molecule has 4 heteroatoms. The Labute approximate surface area is 138 Å². The van der Waals surface area contributed by atoms with Crippen molar-refractivity contribution >= 4 is 5.97 Å². The van der Waals surface area contributed by atoms with E-state index < -0.39 is 0 Å². The van der Waals surface area contributed by atoms with Gasteiger partial charge in [0.15, 0.2) is 0 Å². The van der Waals surface area contributed by atoms with E-state index in [-0.39, 0.29) is 17.7 Å². The summed E-state index contributed by atoms with van der Waals surface area (Å²) in [6.45, 7) is 11.6. The van der Waals surface area contributed by atoms with Gasteiger partial charge in [0.1, 0.15) is 17.1 Å². The summed E-state index contributed by atoms with van der Waals surface area (Å²) in [6, 6.07) is 0. The highest BCUT2D eigenvalue weighted by Gasteiger charge is 2.35. The molecule has 0 saturated carbocycles. The van der Waals surface area contributed by atoms with Gasteiger partial charge in [0.05, 0.1) is 6.10 Å². The molecule has 1 aromatic carbocycles. The van der Waals surface area contributed by atoms with Crippen LogP contribution in [0.5, 0.6) is 11.5 Å². The molecule has 0 spiro atoms. The summed E-state index contributed by atoms with van der Waals surface area (Å²) in [5.41, 5.74) is 3.48. The average molecular weight is 320 g/mol. The zero-order chi connectivity index (χ0) is 17.4. The van der Waals surface area contributed by atoms with Gasteiger partial charge in [0.25, 0.3) is 0 Å². The summed E-state index contributed by atoms with van der Waals surface area (Å²) in [5, 5.41) is 10.2. The molecule has 1 aliphatic heterocycles. The van der Waals surface area contributed by atoms with Crippen LogP contribution in [0.2, 0.25) is 0 Å². The number of aromatic hydroxyl groups is 1. The second-order valence-corrected chi connectivity index (χ2v) is 7.12. The summed E-state index contributed by atoms with van der Waals surface area (Å²) in [6.07, 6.45) is 2.59. The molecule has 4 nitrogen and oxygen atoms in total. The van der Waals surface area contributed by atoms with Crippen molar-refractivity contribution in [2.45, 2.75) is 78.9 Å². The molecule has 2 rings (SSSR count). The number of fused-ring (bicyclic) bond motifs is 1. The smallest absolute Gasteiger partial charge is 0.306 e. The summed E-state index contributed by atoms with van der Waals surface area (Å²) < 4.78 is 11.5. The molecule has 1 N–H and O–H groups in total. The lowest BCUT2D eigenvalue weighted by Crippen LogP contribution is -2.37. The number of benzene rings is 1. The first kappa shape index (κ1) is 17.6. The van der Waals surface area contributed by atoms with E-state index in [2.05, 4.69) is 6.92 Å². The fourth-order valence-corrected chi connectivity index (χ4v) is 3.16. The fourth-order valence-electron chi connectivity index (χ4n) is 3.16. The van der Waals surface area contributed by atoms with Crippen LogP contribution in [0.15, 0.2) is 0 Å². The summed E-state index contributed by atoms with van der Waals surface area (Å²) in [5.74, 6) is 1.07. The minimum atomic E-state index is -0.371. The van der Waals surface area contributed by atoms with Gasteiger partial charge in [-0.3, -0.25) is 4.79 Å². The monoisotopic (exact) mass is 320 g/mol. The normalized spacial score (nSPS) is 20.1. The topological polar surface area (TPSA) is 55.8 Å². The number of phenolic OH excluding ortho intramolecular Hbond substituents is 1. The van der Waals surface area contributed by atoms with E-state index in [0.29, 0.717) is 18.6 Å². The molecule has 0 bridgehead atoms. The Morgan fingerprint density at radius 1 is 1.26 bits per heavy atom. The van der Waals surface area contributed by atoms with Gasteiger partial charge in [-0.05, 0) is 77.5 Å². The number of carbonyl (C=O) groups is 1. The Bertz CT molecular complexity index is 619. The summed E-state index contributed by atoms with van der Waals surface area (Å²) in [4.78, 5) is 11.8. The second kappa shape index (κ2) is 6.42. The number of rotatable bonds is 4. The molecule has 1 heterocycles. The molecule has 1 aliphatic rings. The van der Waals surface area contributed by atoms with Crippen molar-refractivity contribution in [3.8, 4) is 11.5 Å². The van der Waals surface area contributed by atoms with E-state index in [1.54, 1.807) is 0 Å². The van der Waals surface area contributed by atoms with Crippen LogP contribution in [0.25, 0.3) is 0 Å². The standard InChI is InChI=1S/C19H28O4/c1-11(2)22-16(20)8-10-19(6)9-7-15-14(5)17(21)12(3)13(4)18(15)23-19/h11,21H,7-10H2,1-6H3. The molecule has 0 aromatic heterocycles. The van der Waals surface area contributed by atoms with Gasteiger partial charge in [0.2, 0.25) is 0 Å². The predicted octanol–water partition coefficient (Wildman–Crippen LogP) is 4.13. The van der Waals surface area contributed by atoms with Crippen LogP contribution < -0.4 is 4.74 Å². The van der Waals surface area contributed by atoms with Crippen LogP contribution in [-0.4, -0.2) is 22.8 Å². The maximum absolute atomic E-state index is 11.8. The molecule has 23 heavy (non-hydrogen) atoms. The van der Waals surface area contributed by atoms with E-state index >= 15 is 0 Å². The summed E-state index contributed by atoms with van der Waals surface area (Å²) in [7, 11) is 0. The lowest BCUT2D eigenvalue weighted by molar-refractivity contribution is -0.148. The molecule has 1 aromatic rings. The van der Waals surface area contributed by atoms with E-state index in [4.69, 9.17) is 9.47 Å². The SMILES string of the molecule is Cc1c(C)c2c(c(C)c1O)CCC(C)(CCC(=O)OC(C)C)O2. The van der Waals surface area contributed by atoms with Crippen molar-refractivity contribution < 1.29 is 19.4 Å². The third-order valence-electron chi connectivity index (χ3n) is 4.82. The predicted molar refractivity (Wildman–Crippen MR) is 90.1 cm³/mol. The van der Waals surface area contributed by atoms with Crippen LogP contribution in [0, 0.1) is 20.8 Å². The largest absolute Gasteiger partial charge is 0.507 e. The molecule has 0 fully saturated rings. The van der Waals surface area contributed by atoms with Crippen molar-refractivity contribution in [3.05, 3.63) is 22.3 Å². The molecule has 1 unspecified atom stereocenters. The van der Waals surface area contributed by atoms with Crippen molar-refractivity contribution in [2.75, 3.05) is 0 Å². The van der Waals surface area contributed by atoms with Crippen LogP contribution in [0.4, 0.5) is 0 Å². The van der Waals surface area contributed by atoms with Crippen LogP contribution in [-0.2, 0) is 16.0 Å². The first-order valence-electron chi connectivity index (χ1n) is 8.34. The van der Waals surface area contributed by atoms with Gasteiger partial charge in [0, 0.05) is 12.0 Å². The maximum atomic E-state index is 11.8. The molecule has 0 aliphatic carbocycles. The Kier molecular flexibility index (Phi) is 4.92. The molecular weight excluding hydrogens is 292 g/mol. The molecule has 0 radical (unpaired) electrons. The fraction of sp³-hybridized carbons (Fsp3) is 0.632. The average Bonchev–Trinajstić information content (AvgIpc) is 2.48. The van der Waals surface area contributed by atoms with Gasteiger partial charge < -0.3 is 14.6 Å². The Balaban J connectivity index is 2.18. The molecule has 1 atom stereocenters. The highest BCUT2D eigenvalue weighted by molar-refractivity contribution is 5.69. The highest BCUT2D eigenvalue weighted by Crippen LogP contribution is 2.44. The van der Waals surface area contributed by atoms with Crippen molar-refractivity contribution in [1.82, 2.24) is 0 Å².